The van der Waals surface area contributed by atoms with Crippen molar-refractivity contribution in [1.29, 1.82) is 0 Å². The molecular weight excluding hydrogens is 309 g/mol. The SMILES string of the molecule is CC(O)(NS(=O)(=O)C1(C)C=CC(Cl)=NC1)C(F)(F)F. The van der Waals surface area contributed by atoms with Crippen molar-refractivity contribution in [2.45, 2.75) is 30.5 Å². The Kier molecular flexibility index (Phi) is 4.08. The Hall–Kier alpha value is -0.640. The molecule has 10 heteroatoms. The van der Waals surface area contributed by atoms with Gasteiger partial charge in [-0.3, -0.25) is 4.99 Å². The van der Waals surface area contributed by atoms with Crippen molar-refractivity contribution in [3.05, 3.63) is 12.2 Å². The summed E-state index contributed by atoms with van der Waals surface area (Å²) in [5.41, 5.74) is -3.56. The first-order chi connectivity index (χ1) is 8.31. The van der Waals surface area contributed by atoms with Crippen LogP contribution in [0.15, 0.2) is 17.1 Å². The van der Waals surface area contributed by atoms with E-state index in [1.165, 1.54) is 17.7 Å². The molecule has 2 N–H and O–H groups in total. The Balaban J connectivity index is 3.05. The molecule has 0 fully saturated rings. The molecule has 0 saturated carbocycles. The molecule has 0 aromatic heterocycles. The van der Waals surface area contributed by atoms with Crippen molar-refractivity contribution in [3.8, 4) is 0 Å². The highest BCUT2D eigenvalue weighted by Crippen LogP contribution is 2.31. The summed E-state index contributed by atoms with van der Waals surface area (Å²) < 4.78 is 60.8. The normalized spacial score (nSPS) is 27.8. The van der Waals surface area contributed by atoms with Gasteiger partial charge in [0, 0.05) is 0 Å². The summed E-state index contributed by atoms with van der Waals surface area (Å²) in [6.07, 6.45) is -2.85. The van der Waals surface area contributed by atoms with E-state index in [2.05, 4.69) is 4.99 Å². The smallest absolute Gasteiger partial charge is 0.367 e. The van der Waals surface area contributed by atoms with Crippen molar-refractivity contribution in [2.24, 2.45) is 4.99 Å². The van der Waals surface area contributed by atoms with E-state index in [0.29, 0.717) is 6.92 Å². The summed E-state index contributed by atoms with van der Waals surface area (Å²) in [4.78, 5) is 3.65. The topological polar surface area (TPSA) is 78.8 Å². The molecule has 0 aliphatic carbocycles. The predicted octanol–water partition coefficient (Wildman–Crippen LogP) is 1.14. The van der Waals surface area contributed by atoms with Gasteiger partial charge in [-0.05, 0) is 19.9 Å². The highest BCUT2D eigenvalue weighted by atomic mass is 35.5. The summed E-state index contributed by atoms with van der Waals surface area (Å²) in [7, 11) is -4.52. The zero-order valence-corrected chi connectivity index (χ0v) is 11.6. The lowest BCUT2D eigenvalue weighted by atomic mass is 10.1. The van der Waals surface area contributed by atoms with Crippen LogP contribution in [0.1, 0.15) is 13.8 Å². The molecule has 0 bridgehead atoms. The van der Waals surface area contributed by atoms with Gasteiger partial charge >= 0.3 is 6.18 Å². The summed E-state index contributed by atoms with van der Waals surface area (Å²) >= 11 is 5.52. The van der Waals surface area contributed by atoms with Gasteiger partial charge in [-0.2, -0.15) is 17.9 Å². The maximum absolute atomic E-state index is 12.5. The molecular formula is C9H12ClF3N2O3S. The van der Waals surface area contributed by atoms with Crippen molar-refractivity contribution in [3.63, 3.8) is 0 Å². The predicted molar refractivity (Wildman–Crippen MR) is 64.4 cm³/mol. The number of alkyl halides is 3. The van der Waals surface area contributed by atoms with E-state index < -0.39 is 26.7 Å². The first kappa shape index (κ1) is 16.4. The van der Waals surface area contributed by atoms with E-state index >= 15 is 0 Å². The maximum Gasteiger partial charge on any atom is 0.431 e. The van der Waals surface area contributed by atoms with Gasteiger partial charge in [-0.15, -0.1) is 0 Å². The number of rotatable bonds is 3. The Bertz CT molecular complexity index is 527. The second kappa shape index (κ2) is 4.72. The highest BCUT2D eigenvalue weighted by Gasteiger charge is 2.55. The molecule has 0 aromatic rings. The van der Waals surface area contributed by atoms with Gasteiger partial charge in [0.2, 0.25) is 15.7 Å². The highest BCUT2D eigenvalue weighted by molar-refractivity contribution is 7.91. The second-order valence-corrected chi connectivity index (χ2v) is 6.99. The number of nitrogens with zero attached hydrogens (tertiary/aromatic N) is 1. The molecule has 2 atom stereocenters. The standard InChI is InChI=1S/C9H12ClF3N2O3S/c1-7(4-3-6(10)14-5-7)19(17,18)15-8(2,16)9(11,12)13/h3-4,15-16H,5H2,1-2H3. The number of halogens is 4. The number of aliphatic imine (C=N–C) groups is 1. The molecule has 110 valence electrons. The van der Waals surface area contributed by atoms with E-state index in [9.17, 15) is 26.7 Å². The number of dihydropyridines is 1. The summed E-state index contributed by atoms with van der Waals surface area (Å²) in [6.45, 7) is 1.15. The fourth-order valence-electron chi connectivity index (χ4n) is 1.19. The number of allylic oxidation sites excluding steroid dienone is 1. The molecule has 5 nitrogen and oxygen atoms in total. The number of sulfonamides is 1. The average Bonchev–Trinajstić information content (AvgIpc) is 2.19. The third kappa shape index (κ3) is 3.28. The molecule has 0 radical (unpaired) electrons. The molecule has 2 unspecified atom stereocenters. The minimum absolute atomic E-state index is 0.0512. The Morgan fingerprint density at radius 3 is 2.42 bits per heavy atom. The van der Waals surface area contributed by atoms with Crippen LogP contribution >= 0.6 is 11.6 Å². The molecule has 1 heterocycles. The number of hydrogen-bond donors (Lipinski definition) is 2. The number of aliphatic hydroxyl groups is 1. The van der Waals surface area contributed by atoms with Gasteiger partial charge in [-0.25, -0.2) is 8.42 Å². The van der Waals surface area contributed by atoms with Crippen LogP contribution in [0.25, 0.3) is 0 Å². The van der Waals surface area contributed by atoms with Crippen LogP contribution in [0, 0.1) is 0 Å². The van der Waals surface area contributed by atoms with Crippen LogP contribution in [0.4, 0.5) is 13.2 Å². The van der Waals surface area contributed by atoms with Crippen LogP contribution < -0.4 is 4.72 Å². The van der Waals surface area contributed by atoms with E-state index in [1.807, 2.05) is 0 Å². The first-order valence-corrected chi connectivity index (χ1v) is 6.89. The number of hydrogen-bond acceptors (Lipinski definition) is 4. The lowest BCUT2D eigenvalue weighted by Crippen LogP contribution is -2.61. The van der Waals surface area contributed by atoms with Crippen molar-refractivity contribution in [2.75, 3.05) is 6.54 Å². The summed E-state index contributed by atoms with van der Waals surface area (Å²) in [5.74, 6) is 0. The molecule has 1 aliphatic heterocycles. The summed E-state index contributed by atoms with van der Waals surface area (Å²) in [6, 6.07) is 0. The Morgan fingerprint density at radius 2 is 2.05 bits per heavy atom. The van der Waals surface area contributed by atoms with Crippen molar-refractivity contribution in [1.82, 2.24) is 4.72 Å². The summed E-state index contributed by atoms with van der Waals surface area (Å²) in [5, 5.41) is 9.23. The largest absolute Gasteiger partial charge is 0.431 e. The van der Waals surface area contributed by atoms with E-state index in [-0.39, 0.29) is 11.7 Å². The monoisotopic (exact) mass is 320 g/mol. The zero-order chi connectivity index (χ0) is 15.1. The molecule has 0 spiro atoms. The van der Waals surface area contributed by atoms with Gasteiger partial charge in [0.25, 0.3) is 0 Å². The Morgan fingerprint density at radius 1 is 1.53 bits per heavy atom. The molecule has 19 heavy (non-hydrogen) atoms. The van der Waals surface area contributed by atoms with E-state index in [1.54, 1.807) is 0 Å². The lowest BCUT2D eigenvalue weighted by molar-refractivity contribution is -0.257. The third-order valence-electron chi connectivity index (χ3n) is 2.62. The van der Waals surface area contributed by atoms with Crippen LogP contribution in [0.2, 0.25) is 0 Å². The third-order valence-corrected chi connectivity index (χ3v) is 5.02. The van der Waals surface area contributed by atoms with Gasteiger partial charge in [-0.1, -0.05) is 17.7 Å². The fraction of sp³-hybridized carbons (Fsp3) is 0.667. The number of nitrogens with one attached hydrogen (secondary N) is 1. The van der Waals surface area contributed by atoms with Crippen molar-refractivity contribution >= 4 is 26.8 Å². The average molecular weight is 321 g/mol. The molecule has 0 amide bonds. The molecule has 0 saturated heterocycles. The van der Waals surface area contributed by atoms with Gasteiger partial charge < -0.3 is 5.11 Å². The quantitative estimate of drug-likeness (QED) is 0.765. The van der Waals surface area contributed by atoms with E-state index in [0.717, 1.165) is 6.08 Å². The molecule has 1 rings (SSSR count). The van der Waals surface area contributed by atoms with Gasteiger partial charge in [0.1, 0.15) is 9.92 Å². The molecule has 0 aromatic carbocycles. The maximum atomic E-state index is 12.5. The van der Waals surface area contributed by atoms with Crippen molar-refractivity contribution < 1.29 is 26.7 Å². The van der Waals surface area contributed by atoms with Crippen LogP contribution in [0.5, 0.6) is 0 Å². The van der Waals surface area contributed by atoms with Gasteiger partial charge in [0.05, 0.1) is 6.54 Å². The van der Waals surface area contributed by atoms with E-state index in [4.69, 9.17) is 11.6 Å². The zero-order valence-electron chi connectivity index (χ0n) is 9.99. The van der Waals surface area contributed by atoms with Gasteiger partial charge in [0.15, 0.2) is 0 Å². The minimum atomic E-state index is -5.14. The van der Waals surface area contributed by atoms with Crippen LogP contribution in [-0.4, -0.2) is 41.9 Å². The van der Waals surface area contributed by atoms with Crippen LogP contribution in [0.3, 0.4) is 0 Å². The molecule has 1 aliphatic rings. The Labute approximate surface area is 113 Å². The lowest BCUT2D eigenvalue weighted by Gasteiger charge is -2.33. The second-order valence-electron chi connectivity index (χ2n) is 4.46. The minimum Gasteiger partial charge on any atom is -0.367 e. The fourth-order valence-corrected chi connectivity index (χ4v) is 2.67. The van der Waals surface area contributed by atoms with Crippen LogP contribution in [-0.2, 0) is 10.0 Å². The first-order valence-electron chi connectivity index (χ1n) is 5.03.